The molecule has 0 saturated heterocycles. The van der Waals surface area contributed by atoms with E-state index in [4.69, 9.17) is 10.4 Å². The average molecular weight is 207 g/mol. The fourth-order valence-electron chi connectivity index (χ4n) is 0.942. The van der Waals surface area contributed by atoms with Crippen LogP contribution in [-0.4, -0.2) is 11.7 Å². The molecule has 0 aliphatic heterocycles. The summed E-state index contributed by atoms with van der Waals surface area (Å²) in [5, 5.41) is 16.9. The van der Waals surface area contributed by atoms with Gasteiger partial charge in [0.2, 0.25) is 0 Å². The molecule has 0 bridgehead atoms. The summed E-state index contributed by atoms with van der Waals surface area (Å²) in [6.07, 6.45) is 0.195. The van der Waals surface area contributed by atoms with Gasteiger partial charge in [-0.15, -0.1) is 0 Å². The number of nitriles is 1. The van der Waals surface area contributed by atoms with Gasteiger partial charge in [-0.05, 0) is 12.1 Å². The lowest BCUT2D eigenvalue weighted by molar-refractivity contribution is 0.305. The van der Waals surface area contributed by atoms with E-state index in [0.29, 0.717) is 0 Å². The van der Waals surface area contributed by atoms with Gasteiger partial charge >= 0.3 is 0 Å². The molecule has 0 heterocycles. The van der Waals surface area contributed by atoms with E-state index in [0.717, 1.165) is 12.1 Å². The third-order valence-corrected chi connectivity index (χ3v) is 1.64. The largest absolute Gasteiger partial charge is 0.395 e. The molecule has 0 amide bonds. The summed E-state index contributed by atoms with van der Waals surface area (Å²) in [6.45, 7) is -0.132. The van der Waals surface area contributed by atoms with Gasteiger partial charge in [-0.2, -0.15) is 5.26 Å². The van der Waals surface area contributed by atoms with Crippen molar-refractivity contribution in [2.24, 2.45) is 0 Å². The van der Waals surface area contributed by atoms with Crippen LogP contribution in [0.5, 0.6) is 0 Å². The van der Waals surface area contributed by atoms with Gasteiger partial charge in [-0.3, -0.25) is 0 Å². The molecule has 4 heteroatoms. The number of halogens is 2. The second kappa shape index (κ2) is 5.09. The fourth-order valence-corrected chi connectivity index (χ4v) is 0.942. The van der Waals surface area contributed by atoms with Gasteiger partial charge < -0.3 is 5.11 Å². The van der Waals surface area contributed by atoms with E-state index in [-0.39, 0.29) is 24.2 Å². The smallest absolute Gasteiger partial charge is 0.142 e. The Kier molecular flexibility index (Phi) is 3.79. The Bertz CT molecular complexity index is 466. The molecule has 0 radical (unpaired) electrons. The Balaban J connectivity index is 3.08. The highest BCUT2D eigenvalue weighted by molar-refractivity contribution is 5.42. The maximum atomic E-state index is 13.2. The Morgan fingerprint density at radius 2 is 1.80 bits per heavy atom. The molecule has 15 heavy (non-hydrogen) atoms. The minimum Gasteiger partial charge on any atom is -0.395 e. The first-order valence-corrected chi connectivity index (χ1v) is 4.18. The molecule has 0 fully saturated rings. The van der Waals surface area contributed by atoms with Gasteiger partial charge in [0.1, 0.15) is 17.7 Å². The van der Waals surface area contributed by atoms with Crippen LogP contribution in [0.4, 0.5) is 8.78 Å². The van der Waals surface area contributed by atoms with E-state index < -0.39 is 11.6 Å². The van der Waals surface area contributed by atoms with Gasteiger partial charge in [0.05, 0.1) is 17.7 Å². The quantitative estimate of drug-likeness (QED) is 0.710. The molecule has 0 atom stereocenters. The van der Waals surface area contributed by atoms with E-state index in [1.165, 1.54) is 6.07 Å². The van der Waals surface area contributed by atoms with E-state index in [1.807, 2.05) is 0 Å². The molecule has 1 N–H and O–H groups in total. The van der Waals surface area contributed by atoms with Crippen molar-refractivity contribution in [3.63, 3.8) is 0 Å². The molecule has 2 nitrogen and oxygen atoms in total. The molecular formula is C11H7F2NO. The Hall–Kier alpha value is -1.91. The van der Waals surface area contributed by atoms with E-state index in [1.54, 1.807) is 0 Å². The van der Waals surface area contributed by atoms with Crippen LogP contribution in [0.25, 0.3) is 0 Å². The van der Waals surface area contributed by atoms with Gasteiger partial charge in [-0.25, -0.2) is 8.78 Å². The number of rotatable bonds is 1. The highest BCUT2D eigenvalue weighted by Crippen LogP contribution is 2.13. The number of nitrogens with zero attached hydrogens (tertiary/aromatic N) is 1. The zero-order chi connectivity index (χ0) is 11.3. The van der Waals surface area contributed by atoms with Crippen LogP contribution >= 0.6 is 0 Å². The maximum absolute atomic E-state index is 13.2. The molecule has 1 rings (SSSR count). The monoisotopic (exact) mass is 207 g/mol. The Morgan fingerprint density at radius 1 is 1.20 bits per heavy atom. The summed E-state index contributed by atoms with van der Waals surface area (Å²) in [5.74, 6) is 3.30. The minimum absolute atomic E-state index is 0.111. The van der Waals surface area contributed by atoms with Crippen molar-refractivity contribution >= 4 is 0 Å². The number of aliphatic hydroxyl groups excluding tert-OH is 1. The molecular weight excluding hydrogens is 200 g/mol. The highest BCUT2D eigenvalue weighted by Gasteiger charge is 2.07. The second-order valence-corrected chi connectivity index (χ2v) is 2.70. The summed E-state index contributed by atoms with van der Waals surface area (Å²) in [5.41, 5.74) is -0.458. The molecule has 0 aromatic heterocycles. The van der Waals surface area contributed by atoms with Crippen molar-refractivity contribution in [3.05, 3.63) is 34.9 Å². The van der Waals surface area contributed by atoms with Crippen LogP contribution in [-0.2, 0) is 0 Å². The van der Waals surface area contributed by atoms with Crippen LogP contribution in [0.2, 0.25) is 0 Å². The van der Waals surface area contributed by atoms with Crippen LogP contribution in [0.1, 0.15) is 17.5 Å². The highest BCUT2D eigenvalue weighted by atomic mass is 19.1. The summed E-state index contributed by atoms with van der Waals surface area (Å²) >= 11 is 0. The van der Waals surface area contributed by atoms with Gasteiger partial charge in [0.25, 0.3) is 0 Å². The predicted octanol–water partition coefficient (Wildman–Crippen LogP) is 1.57. The summed E-state index contributed by atoms with van der Waals surface area (Å²) in [6, 6.07) is 3.20. The van der Waals surface area contributed by atoms with E-state index in [2.05, 4.69) is 11.8 Å². The molecule has 76 valence electrons. The number of benzene rings is 1. The number of hydrogen-bond acceptors (Lipinski definition) is 2. The zero-order valence-electron chi connectivity index (χ0n) is 7.72. The lowest BCUT2D eigenvalue weighted by atomic mass is 10.1. The maximum Gasteiger partial charge on any atom is 0.142 e. The van der Waals surface area contributed by atoms with E-state index in [9.17, 15) is 8.78 Å². The van der Waals surface area contributed by atoms with Crippen LogP contribution in [0, 0.1) is 34.8 Å². The molecule has 0 spiro atoms. The fraction of sp³-hybridized carbons (Fsp3) is 0.182. The Labute approximate surface area is 85.8 Å². The average Bonchev–Trinajstić information content (AvgIpc) is 2.23. The van der Waals surface area contributed by atoms with Crippen LogP contribution in [0.3, 0.4) is 0 Å². The Morgan fingerprint density at radius 3 is 2.40 bits per heavy atom. The third-order valence-electron chi connectivity index (χ3n) is 1.64. The van der Waals surface area contributed by atoms with Gasteiger partial charge in [0, 0.05) is 6.42 Å². The van der Waals surface area contributed by atoms with Crippen LogP contribution < -0.4 is 0 Å². The summed E-state index contributed by atoms with van der Waals surface area (Å²) in [4.78, 5) is 0. The summed E-state index contributed by atoms with van der Waals surface area (Å²) < 4.78 is 26.2. The number of hydrogen-bond donors (Lipinski definition) is 1. The molecule has 1 aromatic carbocycles. The van der Waals surface area contributed by atoms with Crippen molar-refractivity contribution in [1.82, 2.24) is 0 Å². The summed E-state index contributed by atoms with van der Waals surface area (Å²) in [7, 11) is 0. The van der Waals surface area contributed by atoms with E-state index >= 15 is 0 Å². The lowest BCUT2D eigenvalue weighted by Gasteiger charge is -1.96. The first-order valence-electron chi connectivity index (χ1n) is 4.18. The predicted molar refractivity (Wildman–Crippen MR) is 49.7 cm³/mol. The molecule has 0 saturated carbocycles. The molecule has 1 aromatic rings. The number of aliphatic hydroxyl groups is 1. The van der Waals surface area contributed by atoms with Gasteiger partial charge in [0.15, 0.2) is 0 Å². The second-order valence-electron chi connectivity index (χ2n) is 2.70. The zero-order valence-corrected chi connectivity index (χ0v) is 7.72. The normalized spacial score (nSPS) is 8.93. The third kappa shape index (κ3) is 2.77. The van der Waals surface area contributed by atoms with Crippen molar-refractivity contribution < 1.29 is 13.9 Å². The topological polar surface area (TPSA) is 44.0 Å². The van der Waals surface area contributed by atoms with Crippen molar-refractivity contribution in [2.75, 3.05) is 6.61 Å². The molecule has 0 aliphatic carbocycles. The SMILES string of the molecule is N#Cc1cc(F)c(C#CCCO)cc1F. The first kappa shape index (κ1) is 11.2. The van der Waals surface area contributed by atoms with Crippen molar-refractivity contribution in [2.45, 2.75) is 6.42 Å². The van der Waals surface area contributed by atoms with Crippen molar-refractivity contribution in [3.8, 4) is 17.9 Å². The minimum atomic E-state index is -0.799. The molecule has 0 aliphatic rings. The molecule has 0 unspecified atom stereocenters. The standard InChI is InChI=1S/C11H7F2NO/c12-10-6-9(7-14)11(13)5-8(10)3-1-2-4-15/h5-6,15H,2,4H2. The van der Waals surface area contributed by atoms with Crippen molar-refractivity contribution in [1.29, 1.82) is 5.26 Å². The first-order chi connectivity index (χ1) is 7.19. The van der Waals surface area contributed by atoms with Crippen LogP contribution in [0.15, 0.2) is 12.1 Å². The van der Waals surface area contributed by atoms with Gasteiger partial charge in [-0.1, -0.05) is 11.8 Å². The lowest BCUT2D eigenvalue weighted by Crippen LogP contribution is -1.91.